The van der Waals surface area contributed by atoms with Crippen LogP contribution in [0.25, 0.3) is 0 Å². The molecule has 0 unspecified atom stereocenters. The Bertz CT molecular complexity index is 784. The third-order valence-electron chi connectivity index (χ3n) is 3.25. The lowest BCUT2D eigenvalue weighted by Gasteiger charge is -2.14. The Morgan fingerprint density at radius 1 is 0.857 bits per heavy atom. The van der Waals surface area contributed by atoms with E-state index in [4.69, 9.17) is 9.47 Å². The van der Waals surface area contributed by atoms with Gasteiger partial charge in [0.2, 0.25) is 0 Å². The van der Waals surface area contributed by atoms with Crippen LogP contribution in [0.1, 0.15) is 23.2 Å². The molecule has 2 aromatic carbocycles. The molecule has 0 radical (unpaired) electrons. The second-order valence-electron chi connectivity index (χ2n) is 5.51. The summed E-state index contributed by atoms with van der Waals surface area (Å²) in [5, 5.41) is 0. The van der Waals surface area contributed by atoms with Crippen molar-refractivity contribution in [3.05, 3.63) is 48.0 Å². The minimum atomic E-state index is -4.83. The highest BCUT2D eigenvalue weighted by Crippen LogP contribution is 2.34. The Kier molecular flexibility index (Phi) is 6.76. The second kappa shape index (κ2) is 8.85. The number of aldehydes is 1. The summed E-state index contributed by atoms with van der Waals surface area (Å²) in [6, 6.07) is 8.54. The number of halogens is 6. The van der Waals surface area contributed by atoms with Gasteiger partial charge in [-0.15, -0.1) is 13.2 Å². The van der Waals surface area contributed by atoms with Gasteiger partial charge in [-0.2, -0.15) is 13.2 Å². The molecule has 0 saturated carbocycles. The zero-order chi connectivity index (χ0) is 20.8. The van der Waals surface area contributed by atoms with Crippen LogP contribution < -0.4 is 14.2 Å². The van der Waals surface area contributed by atoms with Crippen LogP contribution in [-0.2, 0) is 0 Å². The topological polar surface area (TPSA) is 44.8 Å². The summed E-state index contributed by atoms with van der Waals surface area (Å²) < 4.78 is 87.6. The third kappa shape index (κ3) is 7.37. The number of hydrogen-bond donors (Lipinski definition) is 0. The van der Waals surface area contributed by atoms with E-state index in [0.717, 1.165) is 12.1 Å². The molecule has 0 aliphatic rings. The van der Waals surface area contributed by atoms with E-state index < -0.39 is 24.7 Å². The average Bonchev–Trinajstić information content (AvgIpc) is 2.59. The summed E-state index contributed by atoms with van der Waals surface area (Å²) in [7, 11) is 0. The normalized spacial score (nSPS) is 11.8. The summed E-state index contributed by atoms with van der Waals surface area (Å²) in [6.45, 7) is -0.267. The zero-order valence-electron chi connectivity index (χ0n) is 14.1. The molecule has 0 atom stereocenters. The highest BCUT2D eigenvalue weighted by molar-refractivity contribution is 5.76. The van der Waals surface area contributed by atoms with Crippen molar-refractivity contribution in [2.75, 3.05) is 6.61 Å². The van der Waals surface area contributed by atoms with Gasteiger partial charge in [-0.25, -0.2) is 0 Å². The maximum absolute atomic E-state index is 12.2. The molecule has 0 fully saturated rings. The molecule has 0 N–H and O–H groups in total. The van der Waals surface area contributed by atoms with E-state index in [1.165, 1.54) is 30.3 Å². The minimum absolute atomic E-state index is 0.0300. The molecule has 4 nitrogen and oxygen atoms in total. The van der Waals surface area contributed by atoms with Crippen LogP contribution in [0.4, 0.5) is 26.3 Å². The van der Waals surface area contributed by atoms with Crippen molar-refractivity contribution in [1.29, 1.82) is 0 Å². The van der Waals surface area contributed by atoms with E-state index in [-0.39, 0.29) is 35.8 Å². The first-order valence-corrected chi connectivity index (χ1v) is 7.88. The van der Waals surface area contributed by atoms with Gasteiger partial charge in [0.05, 0.1) is 6.61 Å². The zero-order valence-corrected chi connectivity index (χ0v) is 14.1. The quantitative estimate of drug-likeness (QED) is 0.309. The third-order valence-corrected chi connectivity index (χ3v) is 3.25. The number of carbonyl (C=O) groups excluding carboxylic acids is 1. The van der Waals surface area contributed by atoms with Gasteiger partial charge in [0.1, 0.15) is 17.8 Å². The van der Waals surface area contributed by atoms with E-state index in [1.807, 2.05) is 0 Å². The van der Waals surface area contributed by atoms with Crippen LogP contribution in [0.15, 0.2) is 42.5 Å². The Morgan fingerprint density at radius 3 is 2.07 bits per heavy atom. The molecule has 28 heavy (non-hydrogen) atoms. The molecule has 2 aromatic rings. The minimum Gasteiger partial charge on any atom is -0.490 e. The van der Waals surface area contributed by atoms with Crippen molar-refractivity contribution in [2.45, 2.75) is 25.4 Å². The number of alkyl halides is 6. The lowest BCUT2D eigenvalue weighted by atomic mass is 10.2. The number of ether oxygens (including phenoxy) is 3. The summed E-state index contributed by atoms with van der Waals surface area (Å²) in [6.07, 6.45) is -9.94. The fourth-order valence-electron chi connectivity index (χ4n) is 2.09. The van der Waals surface area contributed by atoms with Crippen LogP contribution in [0.3, 0.4) is 0 Å². The Labute approximate surface area is 155 Å². The van der Waals surface area contributed by atoms with Gasteiger partial charge in [0, 0.05) is 12.0 Å². The van der Waals surface area contributed by atoms with Crippen molar-refractivity contribution < 1.29 is 45.3 Å². The van der Waals surface area contributed by atoms with Crippen molar-refractivity contribution in [1.82, 2.24) is 0 Å². The Hall–Kier alpha value is -2.91. The number of benzene rings is 2. The predicted molar refractivity (Wildman–Crippen MR) is 85.8 cm³/mol. The summed E-state index contributed by atoms with van der Waals surface area (Å²) >= 11 is 0. The molecule has 0 aliphatic heterocycles. The predicted octanol–water partition coefficient (Wildman–Crippen LogP) is 5.91. The standard InChI is InChI=1S/C18H14F6O4/c19-17(20,21)8-1-9-26-16-10-12(11-25)2-7-15(16)27-13-3-5-14(6-4-13)28-18(22,23)24/h2-7,10-11H,1,8-9H2. The van der Waals surface area contributed by atoms with E-state index in [1.54, 1.807) is 0 Å². The van der Waals surface area contributed by atoms with Crippen LogP contribution >= 0.6 is 0 Å². The summed E-state index contributed by atoms with van der Waals surface area (Å²) in [4.78, 5) is 10.9. The first-order valence-electron chi connectivity index (χ1n) is 7.88. The molecule has 2 rings (SSSR count). The smallest absolute Gasteiger partial charge is 0.490 e. The van der Waals surface area contributed by atoms with Gasteiger partial charge >= 0.3 is 12.5 Å². The number of rotatable bonds is 8. The van der Waals surface area contributed by atoms with Crippen LogP contribution in [0.2, 0.25) is 0 Å². The van der Waals surface area contributed by atoms with Crippen LogP contribution in [0, 0.1) is 0 Å². The molecular weight excluding hydrogens is 394 g/mol. The van der Waals surface area contributed by atoms with E-state index in [2.05, 4.69) is 4.74 Å². The number of carbonyl (C=O) groups is 1. The highest BCUT2D eigenvalue weighted by Gasteiger charge is 2.31. The molecule has 0 amide bonds. The van der Waals surface area contributed by atoms with Crippen molar-refractivity contribution in [3.8, 4) is 23.0 Å². The molecule has 0 spiro atoms. The lowest BCUT2D eigenvalue weighted by molar-refractivity contribution is -0.274. The van der Waals surface area contributed by atoms with E-state index >= 15 is 0 Å². The lowest BCUT2D eigenvalue weighted by Crippen LogP contribution is -2.16. The highest BCUT2D eigenvalue weighted by atomic mass is 19.4. The maximum Gasteiger partial charge on any atom is 0.573 e. The Balaban J connectivity index is 2.08. The Morgan fingerprint density at radius 2 is 1.50 bits per heavy atom. The first-order chi connectivity index (χ1) is 13.1. The monoisotopic (exact) mass is 408 g/mol. The SMILES string of the molecule is O=Cc1ccc(Oc2ccc(OC(F)(F)F)cc2)c(OCCCC(F)(F)F)c1. The fourth-order valence-corrected chi connectivity index (χ4v) is 2.09. The van der Waals surface area contributed by atoms with Crippen molar-refractivity contribution >= 4 is 6.29 Å². The van der Waals surface area contributed by atoms with Gasteiger partial charge in [0.25, 0.3) is 0 Å². The second-order valence-corrected chi connectivity index (χ2v) is 5.51. The average molecular weight is 408 g/mol. The van der Waals surface area contributed by atoms with E-state index in [9.17, 15) is 31.1 Å². The van der Waals surface area contributed by atoms with Crippen LogP contribution in [0.5, 0.6) is 23.0 Å². The van der Waals surface area contributed by atoms with Crippen LogP contribution in [-0.4, -0.2) is 25.4 Å². The van der Waals surface area contributed by atoms with Gasteiger partial charge in [0.15, 0.2) is 11.5 Å². The van der Waals surface area contributed by atoms with Crippen molar-refractivity contribution in [2.24, 2.45) is 0 Å². The van der Waals surface area contributed by atoms with Crippen molar-refractivity contribution in [3.63, 3.8) is 0 Å². The molecule has 0 saturated heterocycles. The summed E-state index contributed by atoms with van der Waals surface area (Å²) in [5.41, 5.74) is 0.215. The van der Waals surface area contributed by atoms with Gasteiger partial charge in [-0.1, -0.05) is 0 Å². The molecule has 10 heteroatoms. The molecule has 0 aliphatic carbocycles. The van der Waals surface area contributed by atoms with Gasteiger partial charge in [-0.05, 0) is 48.9 Å². The fraction of sp³-hybridized carbons (Fsp3) is 0.278. The van der Waals surface area contributed by atoms with Gasteiger partial charge < -0.3 is 14.2 Å². The number of hydrogen-bond acceptors (Lipinski definition) is 4. The molecular formula is C18H14F6O4. The van der Waals surface area contributed by atoms with E-state index in [0.29, 0.717) is 6.29 Å². The molecule has 0 heterocycles. The molecule has 152 valence electrons. The first kappa shape index (κ1) is 21.4. The maximum atomic E-state index is 12.2. The summed E-state index contributed by atoms with van der Waals surface area (Å²) in [5.74, 6) is -0.196. The molecule has 0 aromatic heterocycles. The van der Waals surface area contributed by atoms with Gasteiger partial charge in [-0.3, -0.25) is 4.79 Å². The largest absolute Gasteiger partial charge is 0.573 e. The molecule has 0 bridgehead atoms.